The molecule has 0 heterocycles. The first kappa shape index (κ1) is 10.4. The van der Waals surface area contributed by atoms with Gasteiger partial charge >= 0.3 is 5.97 Å². The van der Waals surface area contributed by atoms with Gasteiger partial charge in [-0.15, -0.1) is 0 Å². The van der Waals surface area contributed by atoms with Crippen molar-refractivity contribution in [1.82, 2.24) is 0 Å². The zero-order chi connectivity index (χ0) is 9.07. The third-order valence-electron chi connectivity index (χ3n) is 1.18. The van der Waals surface area contributed by atoms with Crippen molar-refractivity contribution in [3.05, 3.63) is 12.2 Å². The van der Waals surface area contributed by atoms with E-state index in [0.29, 0.717) is 0 Å². The lowest BCUT2D eigenvalue weighted by molar-refractivity contribution is -0.136. The van der Waals surface area contributed by atoms with Crippen molar-refractivity contribution in [2.75, 3.05) is 0 Å². The van der Waals surface area contributed by atoms with Crippen LogP contribution < -0.4 is 0 Å². The molecule has 0 spiro atoms. The van der Waals surface area contributed by atoms with E-state index < -0.39 is 14.0 Å². The van der Waals surface area contributed by atoms with E-state index in [1.807, 2.05) is 0 Å². The van der Waals surface area contributed by atoms with E-state index in [1.54, 1.807) is 0 Å². The van der Waals surface area contributed by atoms with Crippen LogP contribution in [-0.4, -0.2) is 19.1 Å². The molecule has 64 valence electrons. The van der Waals surface area contributed by atoms with Crippen LogP contribution >= 0.6 is 0 Å². The number of carbonyl (C=O) groups is 1. The third-order valence-corrected chi connectivity index (χ3v) is 2.74. The fraction of sp³-hybridized carbons (Fsp3) is 0.625. The number of hydrogen-bond donors (Lipinski definition) is 1. The normalized spacial score (nSPS) is 11.2. The molecule has 0 rings (SSSR count). The minimum absolute atomic E-state index is 0.129. The van der Waals surface area contributed by atoms with Crippen LogP contribution in [0.15, 0.2) is 12.2 Å². The quantitative estimate of drug-likeness (QED) is 0.522. The van der Waals surface area contributed by atoms with Gasteiger partial charge in [-0.1, -0.05) is 31.8 Å². The molecule has 0 aromatic rings. The van der Waals surface area contributed by atoms with Crippen molar-refractivity contribution in [2.45, 2.75) is 32.1 Å². The van der Waals surface area contributed by atoms with Gasteiger partial charge in [0.2, 0.25) is 0 Å². The first-order valence-corrected chi connectivity index (χ1v) is 7.40. The highest BCUT2D eigenvalue weighted by Gasteiger charge is 2.15. The fourth-order valence-corrected chi connectivity index (χ4v) is 2.65. The maximum Gasteiger partial charge on any atom is 0.307 e. The minimum Gasteiger partial charge on any atom is -0.481 e. The molecule has 0 saturated carbocycles. The molecule has 0 aromatic carbocycles. The molecular formula is C8H16O2Si. The minimum atomic E-state index is -1.15. The molecule has 0 radical (unpaired) electrons. The Balaban J connectivity index is 3.80. The molecule has 11 heavy (non-hydrogen) atoms. The Bertz CT molecular complexity index is 167. The Hall–Kier alpha value is -0.573. The average Bonchev–Trinajstić information content (AvgIpc) is 1.53. The Morgan fingerprint density at radius 3 is 2.18 bits per heavy atom. The Morgan fingerprint density at radius 1 is 1.45 bits per heavy atom. The summed E-state index contributed by atoms with van der Waals surface area (Å²) in [6.45, 7) is 10.4. The summed E-state index contributed by atoms with van der Waals surface area (Å²) in [6.07, 6.45) is 0.129. The van der Waals surface area contributed by atoms with E-state index >= 15 is 0 Å². The molecule has 0 amide bonds. The van der Waals surface area contributed by atoms with Gasteiger partial charge in [0.15, 0.2) is 0 Å². The summed E-state index contributed by atoms with van der Waals surface area (Å²) in [5.74, 6) is -0.770. The molecule has 0 unspecified atom stereocenters. The highest BCUT2D eigenvalue weighted by Crippen LogP contribution is 2.16. The van der Waals surface area contributed by atoms with Crippen LogP contribution in [0.3, 0.4) is 0 Å². The predicted octanol–water partition coefficient (Wildman–Crippen LogP) is 2.36. The van der Waals surface area contributed by atoms with Crippen LogP contribution in [0, 0.1) is 0 Å². The SMILES string of the molecule is C=C(CC(=O)O)C[Si](C)(C)C. The Labute approximate surface area is 68.9 Å². The van der Waals surface area contributed by atoms with Crippen LogP contribution in [0.4, 0.5) is 0 Å². The summed E-state index contributed by atoms with van der Waals surface area (Å²) >= 11 is 0. The fourth-order valence-electron chi connectivity index (χ4n) is 1.03. The molecule has 3 heteroatoms. The van der Waals surface area contributed by atoms with Gasteiger partial charge in [-0.2, -0.15) is 0 Å². The summed E-state index contributed by atoms with van der Waals surface area (Å²) in [5.41, 5.74) is 0.858. The molecule has 0 aliphatic rings. The molecule has 0 aliphatic carbocycles. The van der Waals surface area contributed by atoms with Crippen molar-refractivity contribution in [3.63, 3.8) is 0 Å². The van der Waals surface area contributed by atoms with Gasteiger partial charge in [-0.05, 0) is 6.04 Å². The second-order valence-corrected chi connectivity index (χ2v) is 9.53. The van der Waals surface area contributed by atoms with Crippen LogP contribution in [0.1, 0.15) is 6.42 Å². The second kappa shape index (κ2) is 3.71. The van der Waals surface area contributed by atoms with Crippen molar-refractivity contribution in [2.24, 2.45) is 0 Å². The largest absolute Gasteiger partial charge is 0.481 e. The molecular weight excluding hydrogens is 156 g/mol. The maximum absolute atomic E-state index is 10.3. The lowest BCUT2D eigenvalue weighted by Crippen LogP contribution is -2.20. The number of rotatable bonds is 4. The Kier molecular flexibility index (Phi) is 3.52. The first-order chi connectivity index (χ1) is 4.81. The molecule has 0 fully saturated rings. The smallest absolute Gasteiger partial charge is 0.307 e. The highest BCUT2D eigenvalue weighted by atomic mass is 28.3. The zero-order valence-electron chi connectivity index (χ0n) is 7.48. The molecule has 0 aliphatic heterocycles. The molecule has 0 bridgehead atoms. The van der Waals surface area contributed by atoms with Gasteiger partial charge in [-0.3, -0.25) is 4.79 Å². The van der Waals surface area contributed by atoms with E-state index in [9.17, 15) is 4.79 Å². The monoisotopic (exact) mass is 172 g/mol. The number of carboxylic acid groups (broad SMARTS) is 1. The number of aliphatic carboxylic acids is 1. The van der Waals surface area contributed by atoms with E-state index in [1.165, 1.54) is 0 Å². The predicted molar refractivity (Wildman–Crippen MR) is 49.5 cm³/mol. The van der Waals surface area contributed by atoms with E-state index in [0.717, 1.165) is 11.6 Å². The van der Waals surface area contributed by atoms with Gasteiger partial charge in [0.25, 0.3) is 0 Å². The van der Waals surface area contributed by atoms with Crippen LogP contribution in [0.5, 0.6) is 0 Å². The zero-order valence-corrected chi connectivity index (χ0v) is 8.48. The van der Waals surface area contributed by atoms with Gasteiger partial charge in [0.05, 0.1) is 6.42 Å². The van der Waals surface area contributed by atoms with Gasteiger partial charge in [0, 0.05) is 8.07 Å². The number of hydrogen-bond acceptors (Lipinski definition) is 1. The first-order valence-electron chi connectivity index (χ1n) is 3.70. The Morgan fingerprint density at radius 2 is 1.91 bits per heavy atom. The molecule has 0 aromatic heterocycles. The summed E-state index contributed by atoms with van der Waals surface area (Å²) in [7, 11) is -1.15. The van der Waals surface area contributed by atoms with E-state index in [2.05, 4.69) is 26.2 Å². The lowest BCUT2D eigenvalue weighted by atomic mass is 10.2. The van der Waals surface area contributed by atoms with Crippen LogP contribution in [0.25, 0.3) is 0 Å². The standard InChI is InChI=1S/C8H16O2Si/c1-7(5-8(9)10)6-11(2,3)4/h1,5-6H2,2-4H3,(H,9,10). The second-order valence-electron chi connectivity index (χ2n) is 4.06. The van der Waals surface area contributed by atoms with Crippen molar-refractivity contribution in [3.8, 4) is 0 Å². The van der Waals surface area contributed by atoms with Crippen LogP contribution in [0.2, 0.25) is 25.7 Å². The summed E-state index contributed by atoms with van der Waals surface area (Å²) < 4.78 is 0. The lowest BCUT2D eigenvalue weighted by Gasteiger charge is -2.16. The summed E-state index contributed by atoms with van der Waals surface area (Å²) in [6, 6.07) is 0.916. The van der Waals surface area contributed by atoms with Crippen molar-refractivity contribution >= 4 is 14.0 Å². The van der Waals surface area contributed by atoms with E-state index in [4.69, 9.17) is 5.11 Å². The highest BCUT2D eigenvalue weighted by molar-refractivity contribution is 6.76. The van der Waals surface area contributed by atoms with Gasteiger partial charge in [-0.25, -0.2) is 0 Å². The molecule has 1 N–H and O–H groups in total. The third kappa shape index (κ3) is 7.32. The average molecular weight is 172 g/mol. The molecule has 2 nitrogen and oxygen atoms in total. The number of carboxylic acids is 1. The van der Waals surface area contributed by atoms with Crippen LogP contribution in [-0.2, 0) is 4.79 Å². The van der Waals surface area contributed by atoms with E-state index in [-0.39, 0.29) is 6.42 Å². The molecule has 0 saturated heterocycles. The topological polar surface area (TPSA) is 37.3 Å². The summed E-state index contributed by atoms with van der Waals surface area (Å²) in [5, 5.41) is 8.44. The van der Waals surface area contributed by atoms with Crippen molar-refractivity contribution < 1.29 is 9.90 Å². The van der Waals surface area contributed by atoms with Gasteiger partial charge in [0.1, 0.15) is 0 Å². The van der Waals surface area contributed by atoms with Gasteiger partial charge < -0.3 is 5.11 Å². The van der Waals surface area contributed by atoms with Crippen molar-refractivity contribution in [1.29, 1.82) is 0 Å². The molecule has 0 atom stereocenters. The maximum atomic E-state index is 10.3. The summed E-state index contributed by atoms with van der Waals surface area (Å²) in [4.78, 5) is 10.3.